The summed E-state index contributed by atoms with van der Waals surface area (Å²) in [6.07, 6.45) is 8.78. The number of benzene rings is 2. The molecule has 1 aliphatic rings. The van der Waals surface area contributed by atoms with Crippen LogP contribution in [0.15, 0.2) is 91.4 Å². The molecule has 0 unspecified atom stereocenters. The second kappa shape index (κ2) is 8.64. The molecule has 5 rings (SSSR count). The Labute approximate surface area is 182 Å². The third kappa shape index (κ3) is 4.04. The molecule has 1 fully saturated rings. The van der Waals surface area contributed by atoms with Gasteiger partial charge in [0.1, 0.15) is 5.56 Å². The van der Waals surface area contributed by atoms with E-state index in [1.807, 2.05) is 69.0 Å². The molecule has 3 heterocycles. The van der Waals surface area contributed by atoms with Crippen molar-refractivity contribution in [2.75, 3.05) is 13.1 Å². The maximum absolute atomic E-state index is 13.5. The molecule has 1 amide bonds. The van der Waals surface area contributed by atoms with E-state index < -0.39 is 0 Å². The summed E-state index contributed by atoms with van der Waals surface area (Å²) >= 11 is 0. The molecule has 4 aromatic rings. The van der Waals surface area contributed by atoms with Crippen LogP contribution in [0.2, 0.25) is 0 Å². The third-order valence-corrected chi connectivity index (χ3v) is 6.09. The maximum atomic E-state index is 13.5. The van der Waals surface area contributed by atoms with E-state index >= 15 is 0 Å². The van der Waals surface area contributed by atoms with Crippen LogP contribution in [0.25, 0.3) is 11.5 Å². The molecule has 31 heavy (non-hydrogen) atoms. The Hall–Kier alpha value is -3.60. The van der Waals surface area contributed by atoms with E-state index in [1.54, 1.807) is 6.20 Å². The lowest BCUT2D eigenvalue weighted by molar-refractivity contribution is 0.0690. The third-order valence-electron chi connectivity index (χ3n) is 6.09. The summed E-state index contributed by atoms with van der Waals surface area (Å²) in [4.78, 5) is 15.5. The average Bonchev–Trinajstić information content (AvgIpc) is 3.50. The normalized spacial score (nSPS) is 14.6. The summed E-state index contributed by atoms with van der Waals surface area (Å²) in [6, 6.07) is 24.5. The minimum absolute atomic E-state index is 0.0593. The van der Waals surface area contributed by atoms with Crippen LogP contribution in [0.5, 0.6) is 0 Å². The molecule has 0 radical (unpaired) electrons. The van der Waals surface area contributed by atoms with Gasteiger partial charge < -0.3 is 9.47 Å². The molecule has 0 aliphatic carbocycles. The van der Waals surface area contributed by atoms with Gasteiger partial charge >= 0.3 is 0 Å². The Morgan fingerprint density at radius 1 is 0.871 bits per heavy atom. The van der Waals surface area contributed by atoms with Crippen molar-refractivity contribution in [3.63, 3.8) is 0 Å². The van der Waals surface area contributed by atoms with E-state index in [4.69, 9.17) is 0 Å². The first-order valence-electron chi connectivity index (χ1n) is 10.9. The molecule has 2 aromatic heterocycles. The number of amides is 1. The zero-order valence-corrected chi connectivity index (χ0v) is 17.5. The molecular formula is C26H26N4O. The fourth-order valence-electron chi connectivity index (χ4n) is 4.43. The summed E-state index contributed by atoms with van der Waals surface area (Å²) in [5.74, 6) is 1.47. The lowest BCUT2D eigenvalue weighted by atomic mass is 9.90. The van der Waals surface area contributed by atoms with Crippen LogP contribution < -0.4 is 0 Å². The van der Waals surface area contributed by atoms with Crippen LogP contribution in [0.1, 0.15) is 28.8 Å². The van der Waals surface area contributed by atoms with E-state index in [0.29, 0.717) is 11.5 Å². The Morgan fingerprint density at radius 3 is 2.19 bits per heavy atom. The Kier molecular flexibility index (Phi) is 5.40. The van der Waals surface area contributed by atoms with E-state index in [9.17, 15) is 4.79 Å². The lowest BCUT2D eigenvalue weighted by Gasteiger charge is -2.32. The standard InChI is InChI=1S/C26H26N4O/c31-26(29-17-13-22(14-18-29)19-21-9-3-1-4-10-21)24-20-27-30(23-11-5-2-6-12-23)25(24)28-15-7-8-16-28/h1-12,15-16,20,22H,13-14,17-19H2. The van der Waals surface area contributed by atoms with E-state index in [1.165, 1.54) is 5.56 Å². The van der Waals surface area contributed by atoms with Gasteiger partial charge in [-0.05, 0) is 55.0 Å². The molecule has 0 bridgehead atoms. The van der Waals surface area contributed by atoms with Crippen LogP contribution in [0.3, 0.4) is 0 Å². The summed E-state index contributed by atoms with van der Waals surface area (Å²) < 4.78 is 3.81. The minimum atomic E-state index is 0.0593. The predicted molar refractivity (Wildman–Crippen MR) is 122 cm³/mol. The van der Waals surface area contributed by atoms with Crippen molar-refractivity contribution in [2.24, 2.45) is 5.92 Å². The first-order chi connectivity index (χ1) is 15.3. The SMILES string of the molecule is O=C(c1cnn(-c2ccccc2)c1-n1cccc1)N1CCC(Cc2ccccc2)CC1. The van der Waals surface area contributed by atoms with E-state index in [2.05, 4.69) is 35.4 Å². The number of carbonyl (C=O) groups excluding carboxylic acids is 1. The second-order valence-electron chi connectivity index (χ2n) is 8.14. The molecule has 156 valence electrons. The molecule has 0 spiro atoms. The number of likely N-dealkylation sites (tertiary alicyclic amines) is 1. The molecule has 1 saturated heterocycles. The van der Waals surface area contributed by atoms with Crippen molar-refractivity contribution in [2.45, 2.75) is 19.3 Å². The summed E-state index contributed by atoms with van der Waals surface area (Å²) in [6.45, 7) is 1.58. The number of aromatic nitrogens is 3. The highest BCUT2D eigenvalue weighted by Gasteiger charge is 2.28. The zero-order valence-electron chi connectivity index (χ0n) is 17.5. The highest BCUT2D eigenvalue weighted by molar-refractivity contribution is 5.97. The smallest absolute Gasteiger partial charge is 0.259 e. The summed E-state index contributed by atoms with van der Waals surface area (Å²) in [7, 11) is 0. The minimum Gasteiger partial charge on any atom is -0.338 e. The predicted octanol–water partition coefficient (Wildman–Crippen LogP) is 4.76. The van der Waals surface area contributed by atoms with Gasteiger partial charge in [0.05, 0.1) is 11.9 Å². The van der Waals surface area contributed by atoms with Crippen molar-refractivity contribution in [3.05, 3.63) is 103 Å². The monoisotopic (exact) mass is 410 g/mol. The van der Waals surface area contributed by atoms with Gasteiger partial charge in [-0.15, -0.1) is 0 Å². The van der Waals surface area contributed by atoms with Gasteiger partial charge in [0, 0.05) is 25.5 Å². The van der Waals surface area contributed by atoms with Gasteiger partial charge in [0.25, 0.3) is 5.91 Å². The van der Waals surface area contributed by atoms with Crippen LogP contribution in [0.4, 0.5) is 0 Å². The van der Waals surface area contributed by atoms with Crippen LogP contribution >= 0.6 is 0 Å². The molecule has 0 atom stereocenters. The molecule has 5 heteroatoms. The maximum Gasteiger partial charge on any atom is 0.259 e. The summed E-state index contributed by atoms with van der Waals surface area (Å²) in [5, 5.41) is 4.58. The number of piperidine rings is 1. The zero-order chi connectivity index (χ0) is 21.0. The highest BCUT2D eigenvalue weighted by atomic mass is 16.2. The van der Waals surface area contributed by atoms with Gasteiger partial charge in [-0.3, -0.25) is 4.79 Å². The number of hydrogen-bond donors (Lipinski definition) is 0. The van der Waals surface area contributed by atoms with Gasteiger partial charge in [-0.25, -0.2) is 4.68 Å². The van der Waals surface area contributed by atoms with Crippen molar-refractivity contribution in [3.8, 4) is 11.5 Å². The lowest BCUT2D eigenvalue weighted by Crippen LogP contribution is -2.39. The van der Waals surface area contributed by atoms with Crippen molar-refractivity contribution in [1.82, 2.24) is 19.2 Å². The van der Waals surface area contributed by atoms with Crippen molar-refractivity contribution < 1.29 is 4.79 Å². The van der Waals surface area contributed by atoms with Gasteiger partial charge in [-0.2, -0.15) is 5.10 Å². The highest BCUT2D eigenvalue weighted by Crippen LogP contribution is 2.26. The fourth-order valence-corrected chi connectivity index (χ4v) is 4.43. The van der Waals surface area contributed by atoms with Crippen molar-refractivity contribution >= 4 is 5.91 Å². The van der Waals surface area contributed by atoms with Crippen LogP contribution in [0, 0.1) is 5.92 Å². The number of para-hydroxylation sites is 1. The van der Waals surface area contributed by atoms with Crippen molar-refractivity contribution in [1.29, 1.82) is 0 Å². The number of hydrogen-bond acceptors (Lipinski definition) is 2. The molecule has 1 aliphatic heterocycles. The molecule has 5 nitrogen and oxygen atoms in total. The second-order valence-corrected chi connectivity index (χ2v) is 8.14. The van der Waals surface area contributed by atoms with E-state index in [-0.39, 0.29) is 5.91 Å². The number of rotatable bonds is 5. The number of carbonyl (C=O) groups is 1. The van der Waals surface area contributed by atoms with Crippen LogP contribution in [-0.4, -0.2) is 38.2 Å². The first-order valence-corrected chi connectivity index (χ1v) is 10.9. The Morgan fingerprint density at radius 2 is 1.52 bits per heavy atom. The van der Waals surface area contributed by atoms with Gasteiger partial charge in [-0.1, -0.05) is 48.5 Å². The number of nitrogens with zero attached hydrogens (tertiary/aromatic N) is 4. The summed E-state index contributed by atoms with van der Waals surface area (Å²) in [5.41, 5.74) is 2.96. The fraction of sp³-hybridized carbons (Fsp3) is 0.231. The molecule has 0 saturated carbocycles. The van der Waals surface area contributed by atoms with Crippen LogP contribution in [-0.2, 0) is 6.42 Å². The van der Waals surface area contributed by atoms with Gasteiger partial charge in [0.2, 0.25) is 0 Å². The topological polar surface area (TPSA) is 43.1 Å². The molecular weight excluding hydrogens is 384 g/mol. The Balaban J connectivity index is 1.36. The van der Waals surface area contributed by atoms with Gasteiger partial charge in [0.15, 0.2) is 5.82 Å². The Bertz CT molecular complexity index is 1120. The quantitative estimate of drug-likeness (QED) is 0.476. The first kappa shape index (κ1) is 19.4. The largest absolute Gasteiger partial charge is 0.338 e. The van der Waals surface area contributed by atoms with E-state index in [0.717, 1.165) is 43.9 Å². The molecule has 0 N–H and O–H groups in total. The molecule has 2 aromatic carbocycles. The average molecular weight is 411 g/mol.